The summed E-state index contributed by atoms with van der Waals surface area (Å²) in [5, 5.41) is 24.8. The number of pyridine rings is 1. The molecule has 8 heteroatoms. The number of nitro groups is 1. The second-order valence-corrected chi connectivity index (χ2v) is 6.28. The van der Waals surface area contributed by atoms with Crippen LogP contribution in [0.15, 0.2) is 106 Å². The zero-order chi connectivity index (χ0) is 20.8. The molecule has 30 heavy (non-hydrogen) atoms. The lowest BCUT2D eigenvalue weighted by Gasteiger charge is -2.03. The van der Waals surface area contributed by atoms with Gasteiger partial charge in [0.25, 0.3) is 5.69 Å². The molecule has 1 aromatic heterocycles. The molecule has 0 aliphatic rings. The van der Waals surface area contributed by atoms with Crippen molar-refractivity contribution in [2.24, 2.45) is 15.3 Å². The molecule has 0 aliphatic carbocycles. The number of hydrogen-bond donors (Lipinski definition) is 1. The Kier molecular flexibility index (Phi) is 5.47. The third-order valence-corrected chi connectivity index (χ3v) is 4.21. The van der Waals surface area contributed by atoms with Crippen molar-refractivity contribution in [3.8, 4) is 0 Å². The molecule has 4 rings (SSSR count). The van der Waals surface area contributed by atoms with Gasteiger partial charge in [-0.3, -0.25) is 15.5 Å². The fourth-order valence-electron chi connectivity index (χ4n) is 2.74. The molecule has 0 spiro atoms. The van der Waals surface area contributed by atoms with Crippen LogP contribution in [0.2, 0.25) is 0 Å². The molecule has 4 aromatic rings. The van der Waals surface area contributed by atoms with E-state index in [9.17, 15) is 10.1 Å². The molecule has 8 nitrogen and oxygen atoms in total. The van der Waals surface area contributed by atoms with Crippen LogP contribution in [0.25, 0.3) is 10.9 Å². The predicted molar refractivity (Wildman–Crippen MR) is 116 cm³/mol. The van der Waals surface area contributed by atoms with Crippen LogP contribution in [-0.4, -0.2) is 15.7 Å². The molecule has 146 valence electrons. The summed E-state index contributed by atoms with van der Waals surface area (Å²) in [5.41, 5.74) is 4.85. The van der Waals surface area contributed by atoms with Crippen molar-refractivity contribution in [1.29, 1.82) is 0 Å². The van der Waals surface area contributed by atoms with Gasteiger partial charge in [-0.1, -0.05) is 48.5 Å². The minimum Gasteiger partial charge on any atom is -0.276 e. The fourth-order valence-corrected chi connectivity index (χ4v) is 2.74. The molecule has 0 atom stereocenters. The van der Waals surface area contributed by atoms with E-state index in [1.54, 1.807) is 18.2 Å². The van der Waals surface area contributed by atoms with E-state index >= 15 is 0 Å². The number of nitrogens with one attached hydrogen (secondary N) is 1. The lowest BCUT2D eigenvalue weighted by molar-refractivity contribution is -0.384. The van der Waals surface area contributed by atoms with Crippen LogP contribution < -0.4 is 5.43 Å². The number of non-ortho nitro benzene ring substituents is 1. The van der Waals surface area contributed by atoms with Crippen LogP contribution in [0, 0.1) is 10.1 Å². The molecule has 1 heterocycles. The number of hydrogen-bond acceptors (Lipinski definition) is 6. The molecule has 3 aromatic carbocycles. The van der Waals surface area contributed by atoms with Crippen LogP contribution in [0.3, 0.4) is 0 Å². The molecule has 0 aliphatic heterocycles. The minimum absolute atomic E-state index is 0.0565. The smallest absolute Gasteiger partial charge is 0.270 e. The van der Waals surface area contributed by atoms with Gasteiger partial charge in [-0.15, -0.1) is 10.2 Å². The lowest BCUT2D eigenvalue weighted by Crippen LogP contribution is -2.02. The van der Waals surface area contributed by atoms with Crippen molar-refractivity contribution < 1.29 is 4.92 Å². The summed E-state index contributed by atoms with van der Waals surface area (Å²) in [6.45, 7) is 0. The molecule has 0 unspecified atom stereocenters. The van der Waals surface area contributed by atoms with Crippen LogP contribution in [0.5, 0.6) is 0 Å². The summed E-state index contributed by atoms with van der Waals surface area (Å²) in [4.78, 5) is 15.1. The average molecular weight is 396 g/mol. The van der Waals surface area contributed by atoms with Crippen molar-refractivity contribution in [1.82, 2.24) is 4.98 Å². The van der Waals surface area contributed by atoms with Gasteiger partial charge in [0.05, 0.1) is 16.1 Å². The second kappa shape index (κ2) is 8.70. The SMILES string of the molecule is O=[N+]([O-])c1cccc(/C(N=Nc2ccc3ccccc3n2)=N/Nc2ccccc2)c1. The summed E-state index contributed by atoms with van der Waals surface area (Å²) in [6.07, 6.45) is 0. The highest BCUT2D eigenvalue weighted by Gasteiger charge is 2.10. The van der Waals surface area contributed by atoms with Crippen LogP contribution in [0.4, 0.5) is 17.2 Å². The first-order valence-corrected chi connectivity index (χ1v) is 9.10. The number of anilines is 1. The van der Waals surface area contributed by atoms with Gasteiger partial charge in [-0.05, 0) is 30.3 Å². The summed E-state index contributed by atoms with van der Waals surface area (Å²) < 4.78 is 0. The number of amidine groups is 1. The summed E-state index contributed by atoms with van der Waals surface area (Å²) in [5.74, 6) is 0.601. The summed E-state index contributed by atoms with van der Waals surface area (Å²) in [6, 6.07) is 26.7. The first-order chi connectivity index (χ1) is 14.7. The molecule has 0 bridgehead atoms. The first-order valence-electron chi connectivity index (χ1n) is 9.10. The number of fused-ring (bicyclic) bond motifs is 1. The van der Waals surface area contributed by atoms with E-state index in [4.69, 9.17) is 0 Å². The Bertz CT molecular complexity index is 1250. The van der Waals surface area contributed by atoms with E-state index in [-0.39, 0.29) is 11.5 Å². The third-order valence-electron chi connectivity index (χ3n) is 4.21. The van der Waals surface area contributed by atoms with Crippen molar-refractivity contribution in [3.05, 3.63) is 107 Å². The molecular formula is C22H16N6O2. The van der Waals surface area contributed by atoms with Crippen LogP contribution in [-0.2, 0) is 0 Å². The molecule has 1 N–H and O–H groups in total. The monoisotopic (exact) mass is 396 g/mol. The number of aromatic nitrogens is 1. The Morgan fingerprint density at radius 1 is 0.900 bits per heavy atom. The Morgan fingerprint density at radius 3 is 2.53 bits per heavy atom. The van der Waals surface area contributed by atoms with E-state index in [0.29, 0.717) is 11.4 Å². The number of nitrogens with zero attached hydrogens (tertiary/aromatic N) is 5. The van der Waals surface area contributed by atoms with Crippen LogP contribution >= 0.6 is 0 Å². The minimum atomic E-state index is -0.465. The number of azo groups is 1. The number of rotatable bonds is 5. The average Bonchev–Trinajstić information content (AvgIpc) is 2.79. The highest BCUT2D eigenvalue weighted by molar-refractivity contribution is 6.00. The topological polar surface area (TPSA) is 105 Å². The van der Waals surface area contributed by atoms with Crippen molar-refractivity contribution in [2.45, 2.75) is 0 Å². The second-order valence-electron chi connectivity index (χ2n) is 6.28. The third kappa shape index (κ3) is 4.50. The molecular weight excluding hydrogens is 380 g/mol. The zero-order valence-electron chi connectivity index (χ0n) is 15.7. The standard InChI is InChI=1S/C22H16N6O2/c29-28(30)19-11-6-8-17(15-19)22(26-24-18-9-2-1-3-10-18)27-25-21-14-13-16-7-4-5-12-20(16)23-21/h1-15,24H/b26-22-,27-25?. The molecule has 0 fully saturated rings. The Hall–Kier alpha value is -4.46. The Balaban J connectivity index is 1.69. The van der Waals surface area contributed by atoms with Crippen LogP contribution in [0.1, 0.15) is 5.56 Å². The number of hydrazone groups is 1. The van der Waals surface area contributed by atoms with E-state index in [1.165, 1.54) is 12.1 Å². The van der Waals surface area contributed by atoms with Gasteiger partial charge in [0.2, 0.25) is 5.84 Å². The number of benzene rings is 3. The van der Waals surface area contributed by atoms with Crippen molar-refractivity contribution in [2.75, 3.05) is 5.43 Å². The Morgan fingerprint density at radius 2 is 1.70 bits per heavy atom. The lowest BCUT2D eigenvalue weighted by atomic mass is 10.2. The van der Waals surface area contributed by atoms with Gasteiger partial charge >= 0.3 is 0 Å². The molecule has 0 radical (unpaired) electrons. The van der Waals surface area contributed by atoms with Crippen molar-refractivity contribution in [3.63, 3.8) is 0 Å². The Labute approximate surface area is 171 Å². The quantitative estimate of drug-likeness (QED) is 0.153. The largest absolute Gasteiger partial charge is 0.276 e. The van der Waals surface area contributed by atoms with E-state index in [1.807, 2.05) is 60.7 Å². The van der Waals surface area contributed by atoms with Gasteiger partial charge in [0.1, 0.15) is 0 Å². The zero-order valence-corrected chi connectivity index (χ0v) is 15.7. The predicted octanol–water partition coefficient (Wildman–Crippen LogP) is 5.70. The fraction of sp³-hybridized carbons (Fsp3) is 0. The van der Waals surface area contributed by atoms with Gasteiger partial charge in [0, 0.05) is 23.1 Å². The molecule has 0 saturated carbocycles. The van der Waals surface area contributed by atoms with Crippen molar-refractivity contribution >= 4 is 33.9 Å². The van der Waals surface area contributed by atoms with E-state index in [0.717, 1.165) is 16.6 Å². The van der Waals surface area contributed by atoms with E-state index < -0.39 is 4.92 Å². The number of para-hydroxylation sites is 2. The maximum absolute atomic E-state index is 11.1. The highest BCUT2D eigenvalue weighted by Crippen LogP contribution is 2.19. The molecule has 0 amide bonds. The highest BCUT2D eigenvalue weighted by atomic mass is 16.6. The van der Waals surface area contributed by atoms with Gasteiger partial charge in [-0.2, -0.15) is 5.10 Å². The van der Waals surface area contributed by atoms with E-state index in [2.05, 4.69) is 25.7 Å². The van der Waals surface area contributed by atoms with Gasteiger partial charge < -0.3 is 0 Å². The van der Waals surface area contributed by atoms with Gasteiger partial charge in [0.15, 0.2) is 5.82 Å². The number of nitro benzene ring substituents is 1. The summed E-state index contributed by atoms with van der Waals surface area (Å²) in [7, 11) is 0. The van der Waals surface area contributed by atoms with Gasteiger partial charge in [-0.25, -0.2) is 4.98 Å². The first kappa shape index (κ1) is 18.9. The normalized spacial score (nSPS) is 11.7. The molecule has 0 saturated heterocycles. The maximum Gasteiger partial charge on any atom is 0.270 e. The maximum atomic E-state index is 11.1. The summed E-state index contributed by atoms with van der Waals surface area (Å²) >= 11 is 0.